The fourth-order valence-corrected chi connectivity index (χ4v) is 8.41. The molecule has 1 amide bonds. The maximum atomic E-state index is 13.9. The van der Waals surface area contributed by atoms with Gasteiger partial charge in [-0.3, -0.25) is 9.59 Å². The van der Waals surface area contributed by atoms with Crippen molar-refractivity contribution in [2.24, 2.45) is 0 Å². The molecule has 264 valence electrons. The zero-order valence-electron chi connectivity index (χ0n) is 27.9. The molecule has 6 rings (SSSR count). The maximum Gasteiger partial charge on any atom is 0.288 e. The lowest BCUT2D eigenvalue weighted by Crippen LogP contribution is -2.49. The minimum Gasteiger partial charge on any atom is -0.497 e. The third-order valence-electron chi connectivity index (χ3n) is 9.72. The van der Waals surface area contributed by atoms with E-state index in [1.807, 2.05) is 0 Å². The topological polar surface area (TPSA) is 139 Å². The molecule has 0 bridgehead atoms. The summed E-state index contributed by atoms with van der Waals surface area (Å²) < 4.78 is 51.1. The molecule has 3 aliphatic heterocycles. The number of sulfonamides is 1. The molecule has 0 saturated carbocycles. The van der Waals surface area contributed by atoms with E-state index in [9.17, 15) is 23.1 Å². The fraction of sp³-hybridized carbons (Fsp3) is 0.500. The van der Waals surface area contributed by atoms with Crippen molar-refractivity contribution in [2.75, 3.05) is 59.6 Å². The van der Waals surface area contributed by atoms with Crippen molar-refractivity contribution < 1.29 is 36.9 Å². The average Bonchev–Trinajstić information content (AvgIpc) is 3.14. The summed E-state index contributed by atoms with van der Waals surface area (Å²) in [5.41, 5.74) is 0.654. The second-order valence-corrected chi connectivity index (χ2v) is 14.7. The summed E-state index contributed by atoms with van der Waals surface area (Å²) in [5.74, 6) is -0.181. The van der Waals surface area contributed by atoms with Crippen molar-refractivity contribution in [3.05, 3.63) is 82.4 Å². The number of piperidine rings is 2. The molecule has 2 aromatic carbocycles. The maximum absolute atomic E-state index is 13.9. The number of fused-ring (bicyclic) bond motifs is 1. The first kappa shape index (κ1) is 35.1. The van der Waals surface area contributed by atoms with Crippen LogP contribution in [0.15, 0.2) is 80.7 Å². The van der Waals surface area contributed by atoms with Crippen molar-refractivity contribution >= 4 is 26.9 Å². The highest BCUT2D eigenvalue weighted by molar-refractivity contribution is 7.89. The number of ether oxygens (including phenoxy) is 3. The zero-order valence-corrected chi connectivity index (χ0v) is 28.7. The van der Waals surface area contributed by atoms with Crippen LogP contribution < -0.4 is 10.2 Å². The third-order valence-corrected chi connectivity index (χ3v) is 11.6. The van der Waals surface area contributed by atoms with E-state index in [0.717, 1.165) is 30.2 Å². The summed E-state index contributed by atoms with van der Waals surface area (Å²) in [6.07, 6.45) is 7.88. The first-order valence-electron chi connectivity index (χ1n) is 17.1. The highest BCUT2D eigenvalue weighted by Gasteiger charge is 2.35. The van der Waals surface area contributed by atoms with Gasteiger partial charge in [0.2, 0.25) is 16.3 Å². The zero-order chi connectivity index (χ0) is 34.4. The van der Waals surface area contributed by atoms with E-state index < -0.39 is 22.2 Å². The van der Waals surface area contributed by atoms with E-state index in [4.69, 9.17) is 18.6 Å². The Morgan fingerprint density at radius 3 is 2.45 bits per heavy atom. The van der Waals surface area contributed by atoms with E-state index >= 15 is 0 Å². The molecule has 12 nitrogen and oxygen atoms in total. The number of amides is 1. The van der Waals surface area contributed by atoms with E-state index in [0.29, 0.717) is 41.4 Å². The number of likely N-dealkylation sites (tertiary alicyclic amines) is 2. The van der Waals surface area contributed by atoms with E-state index in [-0.39, 0.29) is 54.7 Å². The van der Waals surface area contributed by atoms with E-state index in [2.05, 4.69) is 4.90 Å². The number of methoxy groups -OCH3 is 1. The van der Waals surface area contributed by atoms with Crippen LogP contribution >= 0.6 is 0 Å². The molecular formula is C36H45N3O9S. The van der Waals surface area contributed by atoms with Crippen molar-refractivity contribution in [2.45, 2.75) is 61.7 Å². The summed E-state index contributed by atoms with van der Waals surface area (Å²) in [6, 6.07) is 13.5. The van der Waals surface area contributed by atoms with Gasteiger partial charge in [0, 0.05) is 50.1 Å². The van der Waals surface area contributed by atoms with Gasteiger partial charge >= 0.3 is 0 Å². The quantitative estimate of drug-likeness (QED) is 0.299. The Morgan fingerprint density at radius 1 is 1.00 bits per heavy atom. The third kappa shape index (κ3) is 8.02. The molecule has 2 atom stereocenters. The molecule has 2 fully saturated rings. The SMILES string of the molecule is COc1ccc(S(=O)(=O)N(CCO)CCO[C@@H]2C[C@H](c3coc4ccccc4c3=O)C=C(C(=O)N3CCC(N4CCCCC4)CC3)O2)cc1. The van der Waals surface area contributed by atoms with Gasteiger partial charge in [-0.15, -0.1) is 0 Å². The predicted molar refractivity (Wildman–Crippen MR) is 183 cm³/mol. The summed E-state index contributed by atoms with van der Waals surface area (Å²) in [6.45, 7) is 2.75. The number of carbonyl (C=O) groups is 1. The Hall–Kier alpha value is -3.75. The smallest absolute Gasteiger partial charge is 0.288 e. The molecule has 49 heavy (non-hydrogen) atoms. The van der Waals surface area contributed by atoms with Gasteiger partial charge in [0.25, 0.3) is 5.91 Å². The number of benzene rings is 2. The monoisotopic (exact) mass is 695 g/mol. The Balaban J connectivity index is 1.18. The molecule has 3 aromatic rings. The van der Waals surface area contributed by atoms with Crippen LogP contribution in [0.4, 0.5) is 0 Å². The molecule has 0 radical (unpaired) electrons. The van der Waals surface area contributed by atoms with Gasteiger partial charge in [0.05, 0.1) is 36.9 Å². The summed E-state index contributed by atoms with van der Waals surface area (Å²) >= 11 is 0. The molecule has 4 heterocycles. The highest BCUT2D eigenvalue weighted by Crippen LogP contribution is 2.33. The van der Waals surface area contributed by atoms with Crippen LogP contribution in [0.1, 0.15) is 50.0 Å². The minimum atomic E-state index is -3.96. The van der Waals surface area contributed by atoms with Crippen LogP contribution in [0.5, 0.6) is 5.75 Å². The second-order valence-electron chi connectivity index (χ2n) is 12.7. The van der Waals surface area contributed by atoms with E-state index in [1.54, 1.807) is 47.4 Å². The standard InChI is InChI=1S/C36H45N3O9S/c1-45-28-9-11-29(12-10-28)49(43,44)39(19-21-40)20-22-46-34-24-26(31-25-47-32-8-4-3-7-30(32)35(31)41)23-33(48-34)36(42)38-17-13-27(14-18-38)37-15-5-2-6-16-37/h3-4,7-12,23,25-27,34,40H,2,5-6,13-22,24H2,1H3/t26-,34+/m1/s1. The number of hydrogen-bond donors (Lipinski definition) is 1. The number of nitrogens with zero attached hydrogens (tertiary/aromatic N) is 3. The largest absolute Gasteiger partial charge is 0.497 e. The molecule has 0 aliphatic carbocycles. The number of carbonyl (C=O) groups excluding carboxylic acids is 1. The molecule has 2 saturated heterocycles. The van der Waals surface area contributed by atoms with Gasteiger partial charge in [0.15, 0.2) is 11.2 Å². The first-order chi connectivity index (χ1) is 23.8. The van der Waals surface area contributed by atoms with Gasteiger partial charge in [0.1, 0.15) is 11.3 Å². The van der Waals surface area contributed by atoms with Gasteiger partial charge in [-0.05, 0) is 81.2 Å². The summed E-state index contributed by atoms with van der Waals surface area (Å²) in [5, 5.41) is 10.1. The van der Waals surface area contributed by atoms with Gasteiger partial charge in [-0.25, -0.2) is 8.42 Å². The Kier molecular flexibility index (Phi) is 11.4. The normalized spacial score (nSPS) is 21.0. The second kappa shape index (κ2) is 15.9. The molecule has 0 spiro atoms. The van der Waals surface area contributed by atoms with Crippen LogP contribution in [0.2, 0.25) is 0 Å². The van der Waals surface area contributed by atoms with E-state index in [1.165, 1.54) is 44.8 Å². The lowest BCUT2D eigenvalue weighted by atomic mass is 9.93. The Bertz CT molecular complexity index is 1780. The average molecular weight is 696 g/mol. The van der Waals surface area contributed by atoms with Crippen molar-refractivity contribution in [3.8, 4) is 5.75 Å². The van der Waals surface area contributed by atoms with Crippen LogP contribution in [-0.2, 0) is 24.3 Å². The highest BCUT2D eigenvalue weighted by atomic mass is 32.2. The lowest BCUT2D eigenvalue weighted by molar-refractivity contribution is -0.153. The number of rotatable bonds is 12. The molecule has 1 aromatic heterocycles. The lowest BCUT2D eigenvalue weighted by Gasteiger charge is -2.40. The van der Waals surface area contributed by atoms with Crippen molar-refractivity contribution in [1.29, 1.82) is 0 Å². The van der Waals surface area contributed by atoms with Gasteiger partial charge in [-0.2, -0.15) is 4.31 Å². The predicted octanol–water partition coefficient (Wildman–Crippen LogP) is 3.69. The van der Waals surface area contributed by atoms with Crippen LogP contribution in [-0.4, -0.2) is 105 Å². The number of para-hydroxylation sites is 1. The first-order valence-corrected chi connectivity index (χ1v) is 18.5. The fourth-order valence-electron chi connectivity index (χ4n) is 7.00. The van der Waals surface area contributed by atoms with Gasteiger partial charge in [-0.1, -0.05) is 18.6 Å². The minimum absolute atomic E-state index is 0.0543. The van der Waals surface area contributed by atoms with Crippen molar-refractivity contribution in [3.63, 3.8) is 0 Å². The van der Waals surface area contributed by atoms with Crippen molar-refractivity contribution in [1.82, 2.24) is 14.1 Å². The molecule has 3 aliphatic rings. The molecule has 1 N–H and O–H groups in total. The number of hydrogen-bond acceptors (Lipinski definition) is 10. The summed E-state index contributed by atoms with van der Waals surface area (Å²) in [4.78, 5) is 31.9. The van der Waals surface area contributed by atoms with Gasteiger partial charge < -0.3 is 33.5 Å². The number of aliphatic hydroxyl groups excluding tert-OH is 1. The summed E-state index contributed by atoms with van der Waals surface area (Å²) in [7, 11) is -2.46. The molecular weight excluding hydrogens is 650 g/mol. The molecule has 0 unspecified atom stereocenters. The van der Waals surface area contributed by atoms with Crippen LogP contribution in [0, 0.1) is 0 Å². The number of allylic oxidation sites excluding steroid dienone is 1. The Morgan fingerprint density at radius 2 is 1.73 bits per heavy atom. The van der Waals surface area contributed by atoms with Crippen LogP contribution in [0.25, 0.3) is 11.0 Å². The van der Waals surface area contributed by atoms with Crippen LogP contribution in [0.3, 0.4) is 0 Å². The Labute approximate surface area is 286 Å². The number of aliphatic hydroxyl groups is 1. The molecule has 13 heteroatoms.